The lowest BCUT2D eigenvalue weighted by atomic mass is 9.99. The van der Waals surface area contributed by atoms with E-state index in [-0.39, 0.29) is 36.6 Å². The summed E-state index contributed by atoms with van der Waals surface area (Å²) in [5.41, 5.74) is 1.30. The number of benzene rings is 2. The Labute approximate surface area is 204 Å². The van der Waals surface area contributed by atoms with E-state index in [1.807, 2.05) is 31.3 Å². The van der Waals surface area contributed by atoms with Gasteiger partial charge in [-0.2, -0.15) is 13.2 Å². The van der Waals surface area contributed by atoms with Gasteiger partial charge in [0.2, 0.25) is 0 Å². The number of hydrogen-bond donors (Lipinski definition) is 2. The maximum absolute atomic E-state index is 13.6. The molecule has 184 valence electrons. The molecular weight excluding hydrogens is 473 g/mol. The normalized spacial score (nSPS) is 13.2. The van der Waals surface area contributed by atoms with Crippen LogP contribution in [0.2, 0.25) is 0 Å². The van der Waals surface area contributed by atoms with Gasteiger partial charge < -0.3 is 15.0 Å². The maximum Gasteiger partial charge on any atom is 0.416 e. The molecule has 0 spiro atoms. The van der Waals surface area contributed by atoms with Crippen molar-refractivity contribution in [2.45, 2.75) is 12.7 Å². The first-order valence-corrected chi connectivity index (χ1v) is 11.1. The number of nitrogens with zero attached hydrogens (tertiary/aromatic N) is 5. The van der Waals surface area contributed by atoms with Crippen LogP contribution in [0.4, 0.5) is 24.8 Å². The summed E-state index contributed by atoms with van der Waals surface area (Å²) in [6.07, 6.45) is -3.00. The number of alkyl halides is 3. The Bertz CT molecular complexity index is 1450. The highest BCUT2D eigenvalue weighted by Crippen LogP contribution is 2.40. The maximum atomic E-state index is 13.6. The molecule has 0 aliphatic carbocycles. The number of hydrogen-bond acceptors (Lipinski definition) is 6. The Morgan fingerprint density at radius 3 is 2.50 bits per heavy atom. The molecule has 0 fully saturated rings. The number of aromatic nitrogens is 4. The molecule has 1 aliphatic heterocycles. The van der Waals surface area contributed by atoms with Crippen LogP contribution in [0, 0.1) is 0 Å². The number of carbonyl (C=O) groups is 1. The molecule has 0 unspecified atom stereocenters. The van der Waals surface area contributed by atoms with Crippen LogP contribution in [0.15, 0.2) is 60.9 Å². The quantitative estimate of drug-likeness (QED) is 0.419. The van der Waals surface area contributed by atoms with Gasteiger partial charge in [-0.25, -0.2) is 4.98 Å². The van der Waals surface area contributed by atoms with Crippen LogP contribution in [0.3, 0.4) is 0 Å². The zero-order chi connectivity index (χ0) is 25.4. The highest BCUT2D eigenvalue weighted by Gasteiger charge is 2.40. The zero-order valence-electron chi connectivity index (χ0n) is 19.1. The molecule has 2 aromatic carbocycles. The summed E-state index contributed by atoms with van der Waals surface area (Å²) in [6.45, 7) is -0.211. The number of aliphatic hydroxyl groups excluding tert-OH is 1. The van der Waals surface area contributed by atoms with Crippen molar-refractivity contribution in [2.24, 2.45) is 7.05 Å². The number of anilines is 2. The van der Waals surface area contributed by atoms with E-state index in [2.05, 4.69) is 20.5 Å². The molecule has 5 rings (SSSR count). The highest BCUT2D eigenvalue weighted by atomic mass is 19.4. The minimum absolute atomic E-state index is 0.00128. The predicted molar refractivity (Wildman–Crippen MR) is 127 cm³/mol. The van der Waals surface area contributed by atoms with E-state index >= 15 is 0 Å². The first-order valence-electron chi connectivity index (χ1n) is 11.1. The molecule has 36 heavy (non-hydrogen) atoms. The van der Waals surface area contributed by atoms with E-state index in [0.717, 1.165) is 17.2 Å². The number of aliphatic hydroxyl groups is 1. The van der Waals surface area contributed by atoms with E-state index < -0.39 is 17.6 Å². The Hall–Kier alpha value is -4.25. The van der Waals surface area contributed by atoms with Crippen molar-refractivity contribution in [3.05, 3.63) is 77.6 Å². The fraction of sp³-hybridized carbons (Fsp3) is 0.200. The third-order valence-corrected chi connectivity index (χ3v) is 5.97. The summed E-state index contributed by atoms with van der Waals surface area (Å²) in [6, 6.07) is 14.5. The lowest BCUT2D eigenvalue weighted by Gasteiger charge is -2.19. The Morgan fingerprint density at radius 1 is 1.06 bits per heavy atom. The minimum atomic E-state index is -4.58. The third-order valence-electron chi connectivity index (χ3n) is 5.97. The molecule has 8 nitrogen and oxygen atoms in total. The first kappa shape index (κ1) is 23.5. The van der Waals surface area contributed by atoms with Crippen molar-refractivity contribution in [2.75, 3.05) is 23.4 Å². The lowest BCUT2D eigenvalue weighted by Crippen LogP contribution is -2.24. The second-order valence-electron chi connectivity index (χ2n) is 8.28. The molecule has 0 bridgehead atoms. The van der Waals surface area contributed by atoms with Crippen LogP contribution in [-0.2, 0) is 19.8 Å². The Morgan fingerprint density at radius 2 is 1.81 bits per heavy atom. The van der Waals surface area contributed by atoms with E-state index in [9.17, 15) is 23.1 Å². The first-order chi connectivity index (χ1) is 17.3. The number of rotatable bonds is 6. The lowest BCUT2D eigenvalue weighted by molar-refractivity contribution is -0.138. The fourth-order valence-corrected chi connectivity index (χ4v) is 4.32. The second-order valence-corrected chi connectivity index (χ2v) is 8.28. The molecule has 4 aromatic rings. The topological polar surface area (TPSA) is 96.2 Å². The molecule has 3 heterocycles. The smallest absolute Gasteiger partial charge is 0.395 e. The van der Waals surface area contributed by atoms with Gasteiger partial charge in [-0.3, -0.25) is 9.69 Å². The van der Waals surface area contributed by atoms with Crippen LogP contribution in [-0.4, -0.2) is 43.9 Å². The van der Waals surface area contributed by atoms with Crippen molar-refractivity contribution in [1.82, 2.24) is 19.7 Å². The van der Waals surface area contributed by atoms with Gasteiger partial charge in [-0.05, 0) is 41.0 Å². The van der Waals surface area contributed by atoms with Crippen molar-refractivity contribution in [3.63, 3.8) is 0 Å². The number of aryl methyl sites for hydroxylation is 1. The van der Waals surface area contributed by atoms with E-state index in [1.165, 1.54) is 17.0 Å². The van der Waals surface area contributed by atoms with Crippen molar-refractivity contribution in [1.29, 1.82) is 0 Å². The van der Waals surface area contributed by atoms with Gasteiger partial charge in [0.25, 0.3) is 5.91 Å². The Kier molecular flexibility index (Phi) is 5.92. The van der Waals surface area contributed by atoms with Crippen molar-refractivity contribution in [3.8, 4) is 22.5 Å². The van der Waals surface area contributed by atoms with Crippen LogP contribution in [0.25, 0.3) is 22.5 Å². The highest BCUT2D eigenvalue weighted by molar-refractivity contribution is 6.10. The summed E-state index contributed by atoms with van der Waals surface area (Å²) in [5, 5.41) is 20.4. The standard InChI is InChI=1S/C25H21F3N6O2/c1-33-14-30-32-23(33)17-6-3-2-5-16(17)15-11-21(29-9-10-35)31-22(12-15)34-13-19-18(24(34)36)7-4-8-20(19)25(26,27)28/h2-8,11-12,14,35H,9-10,13H2,1H3,(H,29,31). The van der Waals surface area contributed by atoms with Gasteiger partial charge in [0, 0.05) is 24.7 Å². The fourth-order valence-electron chi connectivity index (χ4n) is 4.32. The molecule has 2 N–H and O–H groups in total. The molecule has 2 aromatic heterocycles. The number of halogens is 3. The van der Waals surface area contributed by atoms with Crippen molar-refractivity contribution >= 4 is 17.5 Å². The summed E-state index contributed by atoms with van der Waals surface area (Å²) in [5.74, 6) is 0.614. The van der Waals surface area contributed by atoms with Gasteiger partial charge in [-0.15, -0.1) is 10.2 Å². The average molecular weight is 494 g/mol. The van der Waals surface area contributed by atoms with Crippen LogP contribution in [0.1, 0.15) is 21.5 Å². The van der Waals surface area contributed by atoms with Crippen LogP contribution in [0.5, 0.6) is 0 Å². The summed E-state index contributed by atoms with van der Waals surface area (Å²) in [7, 11) is 1.82. The molecule has 0 radical (unpaired) electrons. The largest absolute Gasteiger partial charge is 0.416 e. The van der Waals surface area contributed by atoms with E-state index in [4.69, 9.17) is 0 Å². The van der Waals surface area contributed by atoms with E-state index in [1.54, 1.807) is 23.0 Å². The minimum Gasteiger partial charge on any atom is -0.395 e. The van der Waals surface area contributed by atoms with Gasteiger partial charge in [0.1, 0.15) is 18.0 Å². The number of fused-ring (bicyclic) bond motifs is 1. The summed E-state index contributed by atoms with van der Waals surface area (Å²) < 4.78 is 42.6. The molecule has 11 heteroatoms. The zero-order valence-corrected chi connectivity index (χ0v) is 19.1. The monoisotopic (exact) mass is 494 g/mol. The average Bonchev–Trinajstić information content (AvgIpc) is 3.44. The molecule has 1 aliphatic rings. The molecule has 1 amide bonds. The molecule has 0 atom stereocenters. The second kappa shape index (κ2) is 9.08. The Balaban J connectivity index is 1.62. The molecular formula is C25H21F3N6O2. The third kappa shape index (κ3) is 4.17. The number of nitrogens with one attached hydrogen (secondary N) is 1. The van der Waals surface area contributed by atoms with Gasteiger partial charge in [0.05, 0.1) is 18.7 Å². The summed E-state index contributed by atoms with van der Waals surface area (Å²) in [4.78, 5) is 18.9. The number of pyridine rings is 1. The predicted octanol–water partition coefficient (Wildman–Crippen LogP) is 4.13. The van der Waals surface area contributed by atoms with Gasteiger partial charge >= 0.3 is 6.18 Å². The van der Waals surface area contributed by atoms with E-state index in [0.29, 0.717) is 17.2 Å². The van der Waals surface area contributed by atoms with Crippen molar-refractivity contribution < 1.29 is 23.1 Å². The number of amides is 1. The summed E-state index contributed by atoms with van der Waals surface area (Å²) >= 11 is 0. The molecule has 0 saturated carbocycles. The van der Waals surface area contributed by atoms with Crippen LogP contribution < -0.4 is 10.2 Å². The SMILES string of the molecule is Cn1cnnc1-c1ccccc1-c1cc(NCCO)nc(N2Cc3c(cccc3C(F)(F)F)C2=O)c1. The number of carbonyl (C=O) groups excluding carboxylic acids is 1. The molecule has 0 saturated heterocycles. The van der Waals surface area contributed by atoms with Crippen LogP contribution >= 0.6 is 0 Å². The van der Waals surface area contributed by atoms with Gasteiger partial charge in [-0.1, -0.05) is 30.3 Å². The van der Waals surface area contributed by atoms with Gasteiger partial charge in [0.15, 0.2) is 5.82 Å².